The summed E-state index contributed by atoms with van der Waals surface area (Å²) < 4.78 is 11.2. The molecule has 0 aliphatic rings. The Morgan fingerprint density at radius 2 is 1.78 bits per heavy atom. The van der Waals surface area contributed by atoms with Crippen molar-refractivity contribution in [2.75, 3.05) is 0 Å². The van der Waals surface area contributed by atoms with E-state index in [2.05, 4.69) is 0 Å². The van der Waals surface area contributed by atoms with Gasteiger partial charge in [0.1, 0.15) is 22.7 Å². The van der Waals surface area contributed by atoms with Gasteiger partial charge in [0.05, 0.1) is 12.0 Å². The van der Waals surface area contributed by atoms with Gasteiger partial charge in [-0.3, -0.25) is 9.59 Å². The number of aromatic hydroxyl groups is 1. The van der Waals surface area contributed by atoms with Gasteiger partial charge < -0.3 is 14.3 Å². The van der Waals surface area contributed by atoms with Gasteiger partial charge in [-0.2, -0.15) is 0 Å². The first kappa shape index (κ1) is 18.7. The molecule has 0 saturated carbocycles. The normalized spacial score (nSPS) is 11.5. The molecule has 0 aliphatic heterocycles. The van der Waals surface area contributed by atoms with Crippen LogP contribution in [0.3, 0.4) is 0 Å². The molecule has 0 amide bonds. The minimum Gasteiger partial charge on any atom is -0.508 e. The second-order valence-electron chi connectivity index (χ2n) is 7.36. The number of esters is 1. The number of rotatable bonds is 5. The highest BCUT2D eigenvalue weighted by Gasteiger charge is 2.24. The first-order chi connectivity index (χ1) is 12.7. The van der Waals surface area contributed by atoms with Crippen LogP contribution >= 0.6 is 0 Å². The summed E-state index contributed by atoms with van der Waals surface area (Å²) in [6.07, 6.45) is 0.330. The molecule has 140 valence electrons. The number of benzene rings is 2. The lowest BCUT2D eigenvalue weighted by molar-refractivity contribution is -0.154. The fraction of sp³-hybridized carbons (Fsp3) is 0.273. The third-order valence-corrected chi connectivity index (χ3v) is 3.98. The molecule has 1 N–H and O–H groups in total. The Bertz CT molecular complexity index is 977. The average Bonchev–Trinajstić information content (AvgIpc) is 2.96. The van der Waals surface area contributed by atoms with Gasteiger partial charge in [-0.1, -0.05) is 30.3 Å². The Morgan fingerprint density at radius 3 is 2.44 bits per heavy atom. The predicted molar refractivity (Wildman–Crippen MR) is 102 cm³/mol. The maximum Gasteiger partial charge on any atom is 0.306 e. The number of ketones is 1. The van der Waals surface area contributed by atoms with Gasteiger partial charge in [-0.25, -0.2) is 0 Å². The van der Waals surface area contributed by atoms with Crippen LogP contribution < -0.4 is 0 Å². The SMILES string of the molecule is CC(C)(C)OC(=O)CCc1oc2ccc(O)cc2c1C(=O)c1ccccc1. The highest BCUT2D eigenvalue weighted by Crippen LogP contribution is 2.31. The third-order valence-electron chi connectivity index (χ3n) is 3.98. The monoisotopic (exact) mass is 366 g/mol. The number of hydrogen-bond donors (Lipinski definition) is 1. The summed E-state index contributed by atoms with van der Waals surface area (Å²) in [5.74, 6) is -0.109. The number of phenols is 1. The van der Waals surface area contributed by atoms with Crippen molar-refractivity contribution in [3.05, 3.63) is 65.4 Å². The van der Waals surface area contributed by atoms with E-state index in [0.29, 0.717) is 27.9 Å². The van der Waals surface area contributed by atoms with Gasteiger partial charge in [0.2, 0.25) is 0 Å². The largest absolute Gasteiger partial charge is 0.508 e. The van der Waals surface area contributed by atoms with Crippen LogP contribution in [0.25, 0.3) is 11.0 Å². The lowest BCUT2D eigenvalue weighted by Gasteiger charge is -2.19. The van der Waals surface area contributed by atoms with Crippen LogP contribution in [0.2, 0.25) is 0 Å². The Labute approximate surface area is 157 Å². The minimum atomic E-state index is -0.570. The molecular formula is C22H22O5. The Morgan fingerprint density at radius 1 is 1.07 bits per heavy atom. The van der Waals surface area contributed by atoms with Crippen LogP contribution in [-0.4, -0.2) is 22.5 Å². The molecule has 0 unspecified atom stereocenters. The molecule has 0 radical (unpaired) electrons. The molecule has 0 saturated heterocycles. The molecule has 0 fully saturated rings. The number of carbonyl (C=O) groups is 2. The number of carbonyl (C=O) groups excluding carboxylic acids is 2. The van der Waals surface area contributed by atoms with Gasteiger partial charge in [0, 0.05) is 17.4 Å². The first-order valence-electron chi connectivity index (χ1n) is 8.80. The van der Waals surface area contributed by atoms with E-state index >= 15 is 0 Å². The van der Waals surface area contributed by atoms with Crippen LogP contribution in [-0.2, 0) is 16.0 Å². The second-order valence-corrected chi connectivity index (χ2v) is 7.36. The van der Waals surface area contributed by atoms with Gasteiger partial charge in [0.15, 0.2) is 5.78 Å². The summed E-state index contributed by atoms with van der Waals surface area (Å²) in [5, 5.41) is 10.4. The van der Waals surface area contributed by atoms with E-state index < -0.39 is 5.60 Å². The van der Waals surface area contributed by atoms with Crippen LogP contribution in [0.5, 0.6) is 5.75 Å². The molecule has 0 aliphatic carbocycles. The molecule has 5 heteroatoms. The molecule has 1 heterocycles. The summed E-state index contributed by atoms with van der Waals surface area (Å²) >= 11 is 0. The van der Waals surface area contributed by atoms with Crippen molar-refractivity contribution in [3.8, 4) is 5.75 Å². The maximum absolute atomic E-state index is 13.1. The number of ether oxygens (including phenoxy) is 1. The van der Waals surface area contributed by atoms with E-state index in [0.717, 1.165) is 0 Å². The van der Waals surface area contributed by atoms with Crippen molar-refractivity contribution in [1.29, 1.82) is 0 Å². The van der Waals surface area contributed by atoms with Gasteiger partial charge in [0.25, 0.3) is 0 Å². The zero-order chi connectivity index (χ0) is 19.6. The quantitative estimate of drug-likeness (QED) is 0.526. The van der Waals surface area contributed by atoms with E-state index in [1.165, 1.54) is 12.1 Å². The fourth-order valence-electron chi connectivity index (χ4n) is 2.90. The Hall–Kier alpha value is -3.08. The van der Waals surface area contributed by atoms with Crippen LogP contribution in [0, 0.1) is 0 Å². The van der Waals surface area contributed by atoms with Gasteiger partial charge >= 0.3 is 5.97 Å². The van der Waals surface area contributed by atoms with Gasteiger partial charge in [-0.05, 0) is 39.0 Å². The first-order valence-corrected chi connectivity index (χ1v) is 8.80. The molecule has 27 heavy (non-hydrogen) atoms. The highest BCUT2D eigenvalue weighted by atomic mass is 16.6. The summed E-state index contributed by atoms with van der Waals surface area (Å²) in [4.78, 5) is 25.1. The minimum absolute atomic E-state index is 0.0455. The zero-order valence-corrected chi connectivity index (χ0v) is 15.6. The summed E-state index contributed by atoms with van der Waals surface area (Å²) in [5.41, 5.74) is 0.809. The van der Waals surface area contributed by atoms with Crippen LogP contribution in [0.4, 0.5) is 0 Å². The fourth-order valence-corrected chi connectivity index (χ4v) is 2.90. The lowest BCUT2D eigenvalue weighted by atomic mass is 9.98. The van der Waals surface area contributed by atoms with Crippen LogP contribution in [0.1, 0.15) is 48.9 Å². The van der Waals surface area contributed by atoms with E-state index in [9.17, 15) is 14.7 Å². The molecule has 3 aromatic rings. The molecule has 1 aromatic heterocycles. The highest BCUT2D eigenvalue weighted by molar-refractivity contribution is 6.17. The molecule has 2 aromatic carbocycles. The summed E-state index contributed by atoms with van der Waals surface area (Å²) in [6.45, 7) is 5.41. The number of hydrogen-bond acceptors (Lipinski definition) is 5. The number of aryl methyl sites for hydroxylation is 1. The molecule has 3 rings (SSSR count). The number of furan rings is 1. The topological polar surface area (TPSA) is 76.7 Å². The second kappa shape index (κ2) is 7.27. The average molecular weight is 366 g/mol. The smallest absolute Gasteiger partial charge is 0.306 e. The number of fused-ring (bicyclic) bond motifs is 1. The van der Waals surface area contributed by atoms with E-state index in [-0.39, 0.29) is 30.3 Å². The predicted octanol–water partition coefficient (Wildman–Crippen LogP) is 4.64. The van der Waals surface area contributed by atoms with Crippen molar-refractivity contribution in [1.82, 2.24) is 0 Å². The molecular weight excluding hydrogens is 344 g/mol. The van der Waals surface area contributed by atoms with Crippen molar-refractivity contribution < 1.29 is 23.8 Å². The van der Waals surface area contributed by atoms with Crippen molar-refractivity contribution in [2.45, 2.75) is 39.2 Å². The lowest BCUT2D eigenvalue weighted by Crippen LogP contribution is -2.24. The Kier molecular flexibility index (Phi) is 5.04. The Balaban J connectivity index is 1.97. The summed E-state index contributed by atoms with van der Waals surface area (Å²) in [7, 11) is 0. The van der Waals surface area contributed by atoms with Gasteiger partial charge in [-0.15, -0.1) is 0 Å². The van der Waals surface area contributed by atoms with E-state index in [1.807, 2.05) is 6.07 Å². The number of phenolic OH excluding ortho intramolecular Hbond substituents is 1. The molecule has 0 bridgehead atoms. The maximum atomic E-state index is 13.1. The standard InChI is InChI=1S/C22H22O5/c1-22(2,3)27-19(24)12-11-18-20(21(25)14-7-5-4-6-8-14)16-13-15(23)9-10-17(16)26-18/h4-10,13,23H,11-12H2,1-3H3. The van der Waals surface area contributed by atoms with Crippen molar-refractivity contribution in [2.24, 2.45) is 0 Å². The van der Waals surface area contributed by atoms with E-state index in [4.69, 9.17) is 9.15 Å². The zero-order valence-electron chi connectivity index (χ0n) is 15.6. The third kappa shape index (κ3) is 4.37. The molecule has 5 nitrogen and oxygen atoms in total. The van der Waals surface area contributed by atoms with Crippen LogP contribution in [0.15, 0.2) is 52.9 Å². The molecule has 0 atom stereocenters. The van der Waals surface area contributed by atoms with E-state index in [1.54, 1.807) is 51.1 Å². The summed E-state index contributed by atoms with van der Waals surface area (Å²) in [6, 6.07) is 13.5. The molecule has 0 spiro atoms. The van der Waals surface area contributed by atoms with Crippen molar-refractivity contribution >= 4 is 22.7 Å². The van der Waals surface area contributed by atoms with Crippen molar-refractivity contribution in [3.63, 3.8) is 0 Å².